The van der Waals surface area contributed by atoms with E-state index in [1.54, 1.807) is 0 Å². The van der Waals surface area contributed by atoms with Gasteiger partial charge in [-0.1, -0.05) is 42.8 Å². The molecule has 2 aromatic carbocycles. The first-order valence-electron chi connectivity index (χ1n) is 13.3. The molecule has 3 aromatic rings. The molecule has 5 N–H and O–H groups in total. The summed E-state index contributed by atoms with van der Waals surface area (Å²) in [5.41, 5.74) is 3.50. The number of anilines is 2. The highest BCUT2D eigenvalue weighted by Crippen LogP contribution is 2.24. The van der Waals surface area contributed by atoms with Crippen LogP contribution in [0.4, 0.5) is 11.8 Å². The Labute approximate surface area is 208 Å². The Kier molecular flexibility index (Phi) is 8.42. The van der Waals surface area contributed by atoms with Crippen molar-refractivity contribution >= 4 is 22.7 Å². The molecule has 0 spiro atoms. The van der Waals surface area contributed by atoms with Crippen molar-refractivity contribution in [2.75, 3.05) is 36.8 Å². The zero-order valence-electron chi connectivity index (χ0n) is 20.7. The van der Waals surface area contributed by atoms with E-state index in [1.807, 2.05) is 6.07 Å². The maximum Gasteiger partial charge on any atom is 0.225 e. The van der Waals surface area contributed by atoms with Crippen LogP contribution in [0.5, 0.6) is 0 Å². The van der Waals surface area contributed by atoms with Gasteiger partial charge in [-0.15, -0.1) is 0 Å². The van der Waals surface area contributed by atoms with E-state index in [0.717, 1.165) is 68.3 Å². The van der Waals surface area contributed by atoms with Crippen molar-refractivity contribution in [2.24, 2.45) is 0 Å². The predicted molar refractivity (Wildman–Crippen MR) is 145 cm³/mol. The SMILES string of the molecule is c1ccc2c(NC3CCNCC3)nc(NCc3ccc(CNCCCNC4CCC4)cc3)nc2c1. The van der Waals surface area contributed by atoms with Crippen LogP contribution in [0, 0.1) is 0 Å². The third kappa shape index (κ3) is 6.90. The summed E-state index contributed by atoms with van der Waals surface area (Å²) in [5.74, 6) is 1.59. The van der Waals surface area contributed by atoms with E-state index >= 15 is 0 Å². The fourth-order valence-electron chi connectivity index (χ4n) is 4.75. The van der Waals surface area contributed by atoms with Gasteiger partial charge in [-0.3, -0.25) is 0 Å². The summed E-state index contributed by atoms with van der Waals surface area (Å²) in [6.45, 7) is 5.89. The Morgan fingerprint density at radius 1 is 0.800 bits per heavy atom. The second-order valence-electron chi connectivity index (χ2n) is 9.86. The van der Waals surface area contributed by atoms with Crippen molar-refractivity contribution in [2.45, 2.75) is 63.7 Å². The van der Waals surface area contributed by atoms with Crippen LogP contribution in [0.1, 0.15) is 49.7 Å². The summed E-state index contributed by atoms with van der Waals surface area (Å²) in [6.07, 6.45) is 7.52. The van der Waals surface area contributed by atoms with Crippen LogP contribution >= 0.6 is 0 Å². The number of aromatic nitrogens is 2. The Morgan fingerprint density at radius 3 is 2.34 bits per heavy atom. The number of para-hydroxylation sites is 1. The lowest BCUT2D eigenvalue weighted by Gasteiger charge is -2.26. The highest BCUT2D eigenvalue weighted by Gasteiger charge is 2.16. The summed E-state index contributed by atoms with van der Waals surface area (Å²) in [4.78, 5) is 9.60. The van der Waals surface area contributed by atoms with Gasteiger partial charge in [0.15, 0.2) is 0 Å². The number of nitrogens with zero attached hydrogens (tertiary/aromatic N) is 2. The second kappa shape index (κ2) is 12.3. The highest BCUT2D eigenvalue weighted by molar-refractivity contribution is 5.90. The standard InChI is InChI=1S/C28H39N7/c1-2-8-26-25(7-1)27(33-24-13-17-29-18-14-24)35-28(34-26)32-20-22-11-9-21(10-12-22)19-30-15-4-16-31-23-5-3-6-23/h1-2,7-12,23-24,29-31H,3-6,13-20H2,(H2,32,33,34,35). The zero-order valence-corrected chi connectivity index (χ0v) is 20.7. The number of hydrogen-bond acceptors (Lipinski definition) is 7. The average molecular weight is 474 g/mol. The molecule has 0 amide bonds. The van der Waals surface area contributed by atoms with Crippen LogP contribution < -0.4 is 26.6 Å². The van der Waals surface area contributed by atoms with Crippen LogP contribution in [0.2, 0.25) is 0 Å². The van der Waals surface area contributed by atoms with Crippen LogP contribution in [0.3, 0.4) is 0 Å². The smallest absolute Gasteiger partial charge is 0.225 e. The van der Waals surface area contributed by atoms with Gasteiger partial charge in [-0.05, 0) is 81.5 Å². The fourth-order valence-corrected chi connectivity index (χ4v) is 4.75. The molecule has 1 aliphatic carbocycles. The van der Waals surface area contributed by atoms with Crippen molar-refractivity contribution in [3.8, 4) is 0 Å². The monoisotopic (exact) mass is 473 g/mol. The molecule has 7 nitrogen and oxygen atoms in total. The average Bonchev–Trinajstić information content (AvgIpc) is 2.87. The van der Waals surface area contributed by atoms with Gasteiger partial charge >= 0.3 is 0 Å². The number of fused-ring (bicyclic) bond motifs is 1. The molecule has 35 heavy (non-hydrogen) atoms. The van der Waals surface area contributed by atoms with Crippen LogP contribution in [0.15, 0.2) is 48.5 Å². The molecule has 2 heterocycles. The molecule has 0 unspecified atom stereocenters. The quantitative estimate of drug-likeness (QED) is 0.254. The van der Waals surface area contributed by atoms with E-state index in [-0.39, 0.29) is 0 Å². The molecule has 5 rings (SSSR count). The van der Waals surface area contributed by atoms with Crippen LogP contribution in [0.25, 0.3) is 10.9 Å². The Balaban J connectivity index is 1.11. The predicted octanol–water partition coefficient (Wildman–Crippen LogP) is 4.03. The molecule has 0 atom stereocenters. The fraction of sp³-hybridized carbons (Fsp3) is 0.500. The first kappa shape index (κ1) is 24.0. The van der Waals surface area contributed by atoms with Crippen molar-refractivity contribution in [3.05, 3.63) is 59.7 Å². The molecule has 2 fully saturated rings. The normalized spacial score (nSPS) is 16.8. The zero-order chi connectivity index (χ0) is 23.7. The van der Waals surface area contributed by atoms with Gasteiger partial charge in [0, 0.05) is 30.6 Å². The van der Waals surface area contributed by atoms with E-state index < -0.39 is 0 Å². The minimum absolute atomic E-state index is 0.447. The Morgan fingerprint density at radius 2 is 1.57 bits per heavy atom. The number of nitrogens with one attached hydrogen (secondary N) is 5. The molecule has 0 radical (unpaired) electrons. The molecule has 186 valence electrons. The van der Waals surface area contributed by atoms with E-state index in [2.05, 4.69) is 69.0 Å². The van der Waals surface area contributed by atoms with Gasteiger partial charge < -0.3 is 26.6 Å². The first-order valence-corrected chi connectivity index (χ1v) is 13.3. The maximum absolute atomic E-state index is 4.84. The first-order chi connectivity index (χ1) is 17.3. The van der Waals surface area contributed by atoms with Gasteiger partial charge in [-0.25, -0.2) is 4.98 Å². The summed E-state index contributed by atoms with van der Waals surface area (Å²) < 4.78 is 0. The van der Waals surface area contributed by atoms with Gasteiger partial charge in [0.05, 0.1) is 5.52 Å². The molecule has 1 aliphatic heterocycles. The lowest BCUT2D eigenvalue weighted by atomic mass is 9.93. The van der Waals surface area contributed by atoms with Gasteiger partial charge in [0.2, 0.25) is 5.95 Å². The van der Waals surface area contributed by atoms with Crippen molar-refractivity contribution in [3.63, 3.8) is 0 Å². The topological polar surface area (TPSA) is 85.9 Å². The van der Waals surface area contributed by atoms with E-state index in [9.17, 15) is 0 Å². The molecule has 1 saturated carbocycles. The summed E-state index contributed by atoms with van der Waals surface area (Å²) >= 11 is 0. The maximum atomic E-state index is 4.84. The number of hydrogen-bond donors (Lipinski definition) is 5. The lowest BCUT2D eigenvalue weighted by molar-refractivity contribution is 0.338. The van der Waals surface area contributed by atoms with Gasteiger partial charge in [0.1, 0.15) is 5.82 Å². The minimum Gasteiger partial charge on any atom is -0.367 e. The van der Waals surface area contributed by atoms with Gasteiger partial charge in [0.25, 0.3) is 0 Å². The van der Waals surface area contributed by atoms with Crippen LogP contribution in [-0.4, -0.2) is 48.2 Å². The minimum atomic E-state index is 0.447. The lowest BCUT2D eigenvalue weighted by Crippen LogP contribution is -2.36. The third-order valence-electron chi connectivity index (χ3n) is 7.15. The number of piperidine rings is 1. The largest absolute Gasteiger partial charge is 0.367 e. The Hall–Kier alpha value is -2.74. The molecular formula is C28H39N7. The van der Waals surface area contributed by atoms with Crippen LogP contribution in [-0.2, 0) is 13.1 Å². The summed E-state index contributed by atoms with van der Waals surface area (Å²) in [5, 5.41) is 18.8. The molecule has 0 bridgehead atoms. The molecule has 2 aliphatic rings. The number of rotatable bonds is 12. The Bertz CT molecular complexity index is 1060. The van der Waals surface area contributed by atoms with Crippen molar-refractivity contribution < 1.29 is 0 Å². The van der Waals surface area contributed by atoms with E-state index in [1.165, 1.54) is 36.8 Å². The molecule has 1 aromatic heterocycles. The van der Waals surface area contributed by atoms with E-state index in [4.69, 9.17) is 9.97 Å². The summed E-state index contributed by atoms with van der Waals surface area (Å²) in [7, 11) is 0. The van der Waals surface area contributed by atoms with Gasteiger partial charge in [-0.2, -0.15) is 4.98 Å². The number of benzene rings is 2. The molecular weight excluding hydrogens is 434 g/mol. The second-order valence-corrected chi connectivity index (χ2v) is 9.86. The molecule has 7 heteroatoms. The summed E-state index contributed by atoms with van der Waals surface area (Å²) in [6, 6.07) is 18.3. The van der Waals surface area contributed by atoms with Crippen molar-refractivity contribution in [1.29, 1.82) is 0 Å². The van der Waals surface area contributed by atoms with E-state index in [0.29, 0.717) is 18.5 Å². The molecule has 1 saturated heterocycles. The highest BCUT2D eigenvalue weighted by atomic mass is 15.2. The van der Waals surface area contributed by atoms with Crippen molar-refractivity contribution in [1.82, 2.24) is 25.9 Å². The third-order valence-corrected chi connectivity index (χ3v) is 7.15.